The van der Waals surface area contributed by atoms with Crippen molar-refractivity contribution in [3.63, 3.8) is 0 Å². The molecule has 2 amide bonds. The fraction of sp³-hybridized carbons (Fsp3) is 0.625. The van der Waals surface area contributed by atoms with Crippen molar-refractivity contribution >= 4 is 18.0 Å². The fourth-order valence-electron chi connectivity index (χ4n) is 0.561. The first kappa shape index (κ1) is 13.2. The van der Waals surface area contributed by atoms with Crippen molar-refractivity contribution < 1.29 is 24.0 Å². The quantitative estimate of drug-likeness (QED) is 0.518. The Morgan fingerprint density at radius 2 is 1.80 bits per heavy atom. The fourth-order valence-corrected chi connectivity index (χ4v) is 0.561. The van der Waals surface area contributed by atoms with Crippen LogP contribution < -0.4 is 5.48 Å². The van der Waals surface area contributed by atoms with E-state index >= 15 is 0 Å². The number of nitrogens with one attached hydrogen (secondary N) is 1. The Morgan fingerprint density at radius 1 is 1.20 bits per heavy atom. The predicted octanol–water partition coefficient (Wildman–Crippen LogP) is -0.331. The number of esters is 1. The Hall–Kier alpha value is -1.79. The van der Waals surface area contributed by atoms with Crippen LogP contribution in [0.1, 0.15) is 12.8 Å². The van der Waals surface area contributed by atoms with Crippen LogP contribution in [-0.2, 0) is 19.2 Å². The van der Waals surface area contributed by atoms with Gasteiger partial charge in [-0.25, -0.2) is 4.79 Å². The van der Waals surface area contributed by atoms with Gasteiger partial charge < -0.3 is 14.5 Å². The number of rotatable bonds is 3. The summed E-state index contributed by atoms with van der Waals surface area (Å²) in [4.78, 5) is 38.0. The van der Waals surface area contributed by atoms with Gasteiger partial charge in [0, 0.05) is 20.5 Å². The van der Waals surface area contributed by atoms with Crippen LogP contribution in [0.25, 0.3) is 0 Å². The minimum atomic E-state index is -0.693. The van der Waals surface area contributed by atoms with E-state index in [0.29, 0.717) is 0 Å². The van der Waals surface area contributed by atoms with Crippen LogP contribution in [0.3, 0.4) is 0 Å². The normalized spacial score (nSPS) is 9.00. The third-order valence-electron chi connectivity index (χ3n) is 1.40. The lowest BCUT2D eigenvalue weighted by atomic mass is 10.3. The van der Waals surface area contributed by atoms with E-state index in [9.17, 15) is 14.4 Å². The molecule has 0 spiro atoms. The van der Waals surface area contributed by atoms with Crippen LogP contribution in [-0.4, -0.2) is 44.1 Å². The maximum Gasteiger partial charge on any atom is 0.433 e. The van der Waals surface area contributed by atoms with Crippen LogP contribution in [0.15, 0.2) is 0 Å². The number of carbonyl (C=O) groups excluding carboxylic acids is 3. The van der Waals surface area contributed by atoms with Crippen molar-refractivity contribution in [2.75, 3.05) is 21.2 Å². The van der Waals surface area contributed by atoms with E-state index in [1.165, 1.54) is 21.2 Å². The van der Waals surface area contributed by atoms with Gasteiger partial charge in [0.2, 0.25) is 0 Å². The van der Waals surface area contributed by atoms with E-state index in [0.717, 1.165) is 4.90 Å². The maximum absolute atomic E-state index is 11.0. The second-order valence-electron chi connectivity index (χ2n) is 2.86. The molecule has 0 fully saturated rings. The molecular formula is C8H14N2O5. The average molecular weight is 218 g/mol. The second-order valence-corrected chi connectivity index (χ2v) is 2.86. The molecule has 0 bridgehead atoms. The zero-order valence-electron chi connectivity index (χ0n) is 8.90. The smallest absolute Gasteiger partial charge is 0.433 e. The molecule has 0 aromatic carbocycles. The molecule has 0 heterocycles. The molecule has 86 valence electrons. The number of ether oxygens (including phenoxy) is 1. The van der Waals surface area contributed by atoms with Crippen molar-refractivity contribution in [2.24, 2.45) is 0 Å². The molecule has 1 N–H and O–H groups in total. The van der Waals surface area contributed by atoms with Gasteiger partial charge in [0.25, 0.3) is 5.91 Å². The number of hydrogen-bond donors (Lipinski definition) is 1. The lowest BCUT2D eigenvalue weighted by Gasteiger charge is -2.10. The van der Waals surface area contributed by atoms with Crippen LogP contribution in [0.2, 0.25) is 0 Å². The highest BCUT2D eigenvalue weighted by Gasteiger charge is 2.10. The van der Waals surface area contributed by atoms with Crippen LogP contribution in [0.5, 0.6) is 0 Å². The first-order valence-corrected chi connectivity index (χ1v) is 4.21. The highest BCUT2D eigenvalue weighted by atomic mass is 16.7. The lowest BCUT2D eigenvalue weighted by molar-refractivity contribution is -0.143. The van der Waals surface area contributed by atoms with E-state index < -0.39 is 18.0 Å². The third-order valence-corrected chi connectivity index (χ3v) is 1.40. The number of amides is 2. The van der Waals surface area contributed by atoms with E-state index in [-0.39, 0.29) is 12.8 Å². The summed E-state index contributed by atoms with van der Waals surface area (Å²) < 4.78 is 4.33. The molecule has 15 heavy (non-hydrogen) atoms. The van der Waals surface area contributed by atoms with Gasteiger partial charge in [0.1, 0.15) is 0 Å². The summed E-state index contributed by atoms with van der Waals surface area (Å²) in [6.07, 6.45) is -0.837. The van der Waals surface area contributed by atoms with Crippen molar-refractivity contribution in [2.45, 2.75) is 12.8 Å². The number of methoxy groups -OCH3 is 1. The van der Waals surface area contributed by atoms with Gasteiger partial charge in [-0.2, -0.15) is 5.48 Å². The average Bonchev–Trinajstić information content (AvgIpc) is 2.21. The third kappa shape index (κ3) is 6.30. The van der Waals surface area contributed by atoms with Gasteiger partial charge >= 0.3 is 12.1 Å². The summed E-state index contributed by atoms with van der Waals surface area (Å²) in [6, 6.07) is 0. The van der Waals surface area contributed by atoms with E-state index in [4.69, 9.17) is 0 Å². The molecule has 7 nitrogen and oxygen atoms in total. The van der Waals surface area contributed by atoms with Gasteiger partial charge in [-0.15, -0.1) is 0 Å². The summed E-state index contributed by atoms with van der Waals surface area (Å²) in [7, 11) is 4.18. The molecule has 0 unspecified atom stereocenters. The highest BCUT2D eigenvalue weighted by Crippen LogP contribution is 1.92. The number of nitrogens with zero attached hydrogens (tertiary/aromatic N) is 1. The number of hydroxylamine groups is 1. The predicted molar refractivity (Wildman–Crippen MR) is 49.6 cm³/mol. The van der Waals surface area contributed by atoms with Crippen LogP contribution >= 0.6 is 0 Å². The topological polar surface area (TPSA) is 84.9 Å². The van der Waals surface area contributed by atoms with E-state index in [2.05, 4.69) is 9.57 Å². The van der Waals surface area contributed by atoms with Gasteiger partial charge in [-0.05, 0) is 0 Å². The van der Waals surface area contributed by atoms with Gasteiger partial charge in [0.15, 0.2) is 0 Å². The Balaban J connectivity index is 3.67. The van der Waals surface area contributed by atoms with Gasteiger partial charge in [-0.3, -0.25) is 9.59 Å². The van der Waals surface area contributed by atoms with Crippen LogP contribution in [0.4, 0.5) is 4.79 Å². The second kappa shape index (κ2) is 6.63. The maximum atomic E-state index is 11.0. The summed E-state index contributed by atoms with van der Waals surface area (Å²) in [6.45, 7) is 0. The molecule has 0 aliphatic carbocycles. The van der Waals surface area contributed by atoms with Crippen molar-refractivity contribution in [3.8, 4) is 0 Å². The standard InChI is InChI=1S/C8H14N2O5/c1-10(2)8(13)15-9-6(11)4-5-7(12)14-3/h4-5H2,1-3H3,(H,9,11). The molecule has 0 aromatic rings. The lowest BCUT2D eigenvalue weighted by Crippen LogP contribution is -2.33. The van der Waals surface area contributed by atoms with Crippen molar-refractivity contribution in [1.29, 1.82) is 0 Å². The molecule has 0 saturated heterocycles. The van der Waals surface area contributed by atoms with E-state index in [1.807, 2.05) is 5.48 Å². The van der Waals surface area contributed by atoms with Crippen LogP contribution in [0, 0.1) is 0 Å². The molecule has 0 aliphatic heterocycles. The molecule has 0 aliphatic rings. The van der Waals surface area contributed by atoms with E-state index in [1.54, 1.807) is 0 Å². The Morgan fingerprint density at radius 3 is 2.27 bits per heavy atom. The van der Waals surface area contributed by atoms with Gasteiger partial charge in [0.05, 0.1) is 13.5 Å². The summed E-state index contributed by atoms with van der Waals surface area (Å²) in [5, 5.41) is 0. The molecule has 0 radical (unpaired) electrons. The van der Waals surface area contributed by atoms with Crippen molar-refractivity contribution in [1.82, 2.24) is 10.4 Å². The summed E-state index contributed by atoms with van der Waals surface area (Å²) >= 11 is 0. The zero-order chi connectivity index (χ0) is 11.8. The highest BCUT2D eigenvalue weighted by molar-refractivity contribution is 5.81. The largest absolute Gasteiger partial charge is 0.469 e. The van der Waals surface area contributed by atoms with Gasteiger partial charge in [-0.1, -0.05) is 0 Å². The zero-order valence-corrected chi connectivity index (χ0v) is 8.90. The Bertz CT molecular complexity index is 251. The Labute approximate surface area is 87.3 Å². The summed E-state index contributed by atoms with van der Waals surface area (Å²) in [5.74, 6) is -1.06. The first-order chi connectivity index (χ1) is 6.97. The number of hydrogen-bond acceptors (Lipinski definition) is 5. The molecule has 0 saturated carbocycles. The molecule has 0 aromatic heterocycles. The number of carbonyl (C=O) groups is 3. The minimum absolute atomic E-state index is 0.0537. The Kier molecular flexibility index (Phi) is 5.84. The molecule has 7 heteroatoms. The van der Waals surface area contributed by atoms with Crippen molar-refractivity contribution in [3.05, 3.63) is 0 Å². The first-order valence-electron chi connectivity index (χ1n) is 4.21. The molecule has 0 rings (SSSR count). The molecule has 0 atom stereocenters. The minimum Gasteiger partial charge on any atom is -0.469 e. The molecular weight excluding hydrogens is 204 g/mol. The SMILES string of the molecule is COC(=O)CCC(=O)NOC(=O)N(C)C. The summed E-state index contributed by atoms with van der Waals surface area (Å²) in [5.41, 5.74) is 1.91. The monoisotopic (exact) mass is 218 g/mol.